The maximum absolute atomic E-state index is 5.59. The molecule has 0 saturated heterocycles. The van der Waals surface area contributed by atoms with Crippen LogP contribution >= 0.6 is 0 Å². The fourth-order valence-corrected chi connectivity index (χ4v) is 1.24. The first-order chi connectivity index (χ1) is 6.83. The molecule has 0 fully saturated rings. The molecule has 0 unspecified atom stereocenters. The van der Waals surface area contributed by atoms with E-state index in [0.29, 0.717) is 5.92 Å². The van der Waals surface area contributed by atoms with Gasteiger partial charge in [0.25, 0.3) is 0 Å². The van der Waals surface area contributed by atoms with E-state index in [0.717, 1.165) is 19.6 Å². The van der Waals surface area contributed by atoms with Crippen LogP contribution in [0, 0.1) is 5.92 Å². The van der Waals surface area contributed by atoms with Crippen LogP contribution in [0.2, 0.25) is 0 Å². The van der Waals surface area contributed by atoms with E-state index >= 15 is 0 Å². The van der Waals surface area contributed by atoms with Crippen LogP contribution in [0.3, 0.4) is 0 Å². The zero-order chi connectivity index (χ0) is 10.2. The van der Waals surface area contributed by atoms with Gasteiger partial charge in [-0.2, -0.15) is 0 Å². The molecule has 1 nitrogen and oxygen atoms in total. The van der Waals surface area contributed by atoms with Crippen LogP contribution in [0.5, 0.6) is 0 Å². The number of rotatable bonds is 6. The van der Waals surface area contributed by atoms with E-state index < -0.39 is 0 Å². The van der Waals surface area contributed by atoms with Crippen molar-refractivity contribution in [2.24, 2.45) is 5.92 Å². The van der Waals surface area contributed by atoms with Crippen LogP contribution in [0.25, 0.3) is 0 Å². The topological polar surface area (TPSA) is 9.23 Å². The standard InChI is InChI=1S/C13H20O/c1-3-12(2)11-14-10-9-13-7-5-4-6-8-13/h4-8,12H,3,9-11H2,1-2H3/t12-/m1/s1. The fourth-order valence-electron chi connectivity index (χ4n) is 1.24. The predicted molar refractivity (Wildman–Crippen MR) is 60.4 cm³/mol. The maximum Gasteiger partial charge on any atom is 0.0506 e. The Kier molecular flexibility index (Phi) is 5.31. The van der Waals surface area contributed by atoms with Gasteiger partial charge in [0, 0.05) is 6.61 Å². The maximum atomic E-state index is 5.59. The molecule has 0 aromatic heterocycles. The van der Waals surface area contributed by atoms with Crippen molar-refractivity contribution in [1.82, 2.24) is 0 Å². The summed E-state index contributed by atoms with van der Waals surface area (Å²) < 4.78 is 5.59. The van der Waals surface area contributed by atoms with Gasteiger partial charge in [-0.15, -0.1) is 0 Å². The zero-order valence-electron chi connectivity index (χ0n) is 9.20. The summed E-state index contributed by atoms with van der Waals surface area (Å²) >= 11 is 0. The molecule has 0 heterocycles. The summed E-state index contributed by atoms with van der Waals surface area (Å²) in [4.78, 5) is 0. The van der Waals surface area contributed by atoms with Gasteiger partial charge in [-0.25, -0.2) is 0 Å². The van der Waals surface area contributed by atoms with Crippen molar-refractivity contribution in [2.75, 3.05) is 13.2 Å². The van der Waals surface area contributed by atoms with Crippen molar-refractivity contribution in [3.63, 3.8) is 0 Å². The molecule has 1 heteroatoms. The number of hydrogen-bond donors (Lipinski definition) is 0. The summed E-state index contributed by atoms with van der Waals surface area (Å²) in [6, 6.07) is 10.5. The fraction of sp³-hybridized carbons (Fsp3) is 0.538. The van der Waals surface area contributed by atoms with Crippen LogP contribution in [0.1, 0.15) is 25.8 Å². The molecular formula is C13H20O. The van der Waals surface area contributed by atoms with Gasteiger partial charge in [-0.3, -0.25) is 0 Å². The van der Waals surface area contributed by atoms with E-state index in [2.05, 4.69) is 38.1 Å². The average Bonchev–Trinajstić information content (AvgIpc) is 2.25. The highest BCUT2D eigenvalue weighted by Crippen LogP contribution is 2.03. The van der Waals surface area contributed by atoms with Gasteiger partial charge in [0.2, 0.25) is 0 Å². The highest BCUT2D eigenvalue weighted by molar-refractivity contribution is 5.14. The van der Waals surface area contributed by atoms with Gasteiger partial charge in [0.1, 0.15) is 0 Å². The van der Waals surface area contributed by atoms with Crippen LogP contribution < -0.4 is 0 Å². The molecule has 0 aliphatic rings. The molecule has 0 N–H and O–H groups in total. The minimum atomic E-state index is 0.686. The van der Waals surface area contributed by atoms with E-state index in [-0.39, 0.29) is 0 Å². The lowest BCUT2D eigenvalue weighted by Gasteiger charge is -2.09. The Morgan fingerprint density at radius 3 is 2.57 bits per heavy atom. The van der Waals surface area contributed by atoms with E-state index in [1.807, 2.05) is 6.07 Å². The lowest BCUT2D eigenvalue weighted by atomic mass is 10.1. The highest BCUT2D eigenvalue weighted by atomic mass is 16.5. The summed E-state index contributed by atoms with van der Waals surface area (Å²) in [6.07, 6.45) is 2.22. The number of benzene rings is 1. The van der Waals surface area contributed by atoms with Crippen LogP contribution in [0.4, 0.5) is 0 Å². The number of ether oxygens (including phenoxy) is 1. The Bertz CT molecular complexity index is 230. The van der Waals surface area contributed by atoms with Crippen LogP contribution in [-0.2, 0) is 11.2 Å². The summed E-state index contributed by atoms with van der Waals surface area (Å²) in [5.41, 5.74) is 1.36. The Hall–Kier alpha value is -0.820. The highest BCUT2D eigenvalue weighted by Gasteiger charge is 1.98. The zero-order valence-corrected chi connectivity index (χ0v) is 9.20. The predicted octanol–water partition coefficient (Wildman–Crippen LogP) is 3.29. The second kappa shape index (κ2) is 6.61. The van der Waals surface area contributed by atoms with Crippen molar-refractivity contribution in [1.29, 1.82) is 0 Å². The molecule has 0 aliphatic carbocycles. The van der Waals surface area contributed by atoms with Gasteiger partial charge in [-0.1, -0.05) is 50.6 Å². The summed E-state index contributed by atoms with van der Waals surface area (Å²) in [7, 11) is 0. The Balaban J connectivity index is 2.10. The van der Waals surface area contributed by atoms with E-state index in [9.17, 15) is 0 Å². The summed E-state index contributed by atoms with van der Waals surface area (Å²) in [5, 5.41) is 0. The molecule has 0 amide bonds. The lowest BCUT2D eigenvalue weighted by Crippen LogP contribution is -2.07. The summed E-state index contributed by atoms with van der Waals surface area (Å²) in [6.45, 7) is 6.16. The molecule has 0 aliphatic heterocycles. The van der Waals surface area contributed by atoms with E-state index in [1.54, 1.807) is 0 Å². The molecule has 0 saturated carbocycles. The third-order valence-electron chi connectivity index (χ3n) is 2.48. The van der Waals surface area contributed by atoms with Crippen molar-refractivity contribution in [3.8, 4) is 0 Å². The third-order valence-corrected chi connectivity index (χ3v) is 2.48. The molecule has 1 rings (SSSR count). The number of hydrogen-bond acceptors (Lipinski definition) is 1. The first-order valence-electron chi connectivity index (χ1n) is 5.44. The van der Waals surface area contributed by atoms with Crippen molar-refractivity contribution < 1.29 is 4.74 Å². The minimum Gasteiger partial charge on any atom is -0.381 e. The largest absolute Gasteiger partial charge is 0.381 e. The Morgan fingerprint density at radius 2 is 1.93 bits per heavy atom. The Labute approximate surface area is 87.1 Å². The van der Waals surface area contributed by atoms with Gasteiger partial charge < -0.3 is 4.74 Å². The molecule has 14 heavy (non-hydrogen) atoms. The van der Waals surface area contributed by atoms with E-state index in [4.69, 9.17) is 4.74 Å². The molecule has 0 radical (unpaired) electrons. The van der Waals surface area contributed by atoms with Gasteiger partial charge >= 0.3 is 0 Å². The lowest BCUT2D eigenvalue weighted by molar-refractivity contribution is 0.106. The molecule has 1 atom stereocenters. The van der Waals surface area contributed by atoms with Gasteiger partial charge in [0.05, 0.1) is 6.61 Å². The quantitative estimate of drug-likeness (QED) is 0.628. The second-order valence-corrected chi connectivity index (χ2v) is 3.82. The van der Waals surface area contributed by atoms with Crippen LogP contribution in [0.15, 0.2) is 30.3 Å². The smallest absolute Gasteiger partial charge is 0.0506 e. The Morgan fingerprint density at radius 1 is 1.21 bits per heavy atom. The third kappa shape index (κ3) is 4.43. The van der Waals surface area contributed by atoms with E-state index in [1.165, 1.54) is 12.0 Å². The molecule has 0 bridgehead atoms. The SMILES string of the molecule is CC[C@@H](C)COCCc1ccccc1. The second-order valence-electron chi connectivity index (χ2n) is 3.82. The van der Waals surface area contributed by atoms with Crippen molar-refractivity contribution in [2.45, 2.75) is 26.7 Å². The molecule has 78 valence electrons. The monoisotopic (exact) mass is 192 g/mol. The van der Waals surface area contributed by atoms with Gasteiger partial charge in [-0.05, 0) is 17.9 Å². The van der Waals surface area contributed by atoms with Crippen molar-refractivity contribution >= 4 is 0 Å². The normalized spacial score (nSPS) is 12.7. The van der Waals surface area contributed by atoms with Crippen LogP contribution in [-0.4, -0.2) is 13.2 Å². The molecule has 1 aromatic rings. The first kappa shape index (κ1) is 11.3. The van der Waals surface area contributed by atoms with Crippen molar-refractivity contribution in [3.05, 3.63) is 35.9 Å². The minimum absolute atomic E-state index is 0.686. The first-order valence-corrected chi connectivity index (χ1v) is 5.44. The molecule has 1 aromatic carbocycles. The summed E-state index contributed by atoms with van der Waals surface area (Å²) in [5.74, 6) is 0.686. The average molecular weight is 192 g/mol. The van der Waals surface area contributed by atoms with Gasteiger partial charge in [0.15, 0.2) is 0 Å². The molecule has 0 spiro atoms. The molecular weight excluding hydrogens is 172 g/mol.